The molecule has 1 aliphatic rings. The molecule has 1 aromatic carbocycles. The molecule has 2 heterocycles. The van der Waals surface area contributed by atoms with Gasteiger partial charge in [0, 0.05) is 18.0 Å². The zero-order chi connectivity index (χ0) is 20.2. The Morgan fingerprint density at radius 3 is 2.83 bits per heavy atom. The van der Waals surface area contributed by atoms with Crippen molar-refractivity contribution in [1.29, 1.82) is 0 Å². The van der Waals surface area contributed by atoms with Crippen molar-refractivity contribution in [2.45, 2.75) is 39.0 Å². The number of carbonyl (C=O) groups is 1. The SMILES string of the molecule is CC(=O)c1cccc(CCCC2=CCCC=c3cc(-c4cncn4C)[nH]c3=C2)c1. The van der Waals surface area contributed by atoms with Crippen LogP contribution in [0.1, 0.15) is 48.5 Å². The van der Waals surface area contributed by atoms with E-state index in [-0.39, 0.29) is 5.78 Å². The van der Waals surface area contributed by atoms with Gasteiger partial charge in [0.2, 0.25) is 0 Å². The smallest absolute Gasteiger partial charge is 0.159 e. The number of aromatic nitrogens is 3. The molecule has 4 nitrogen and oxygen atoms in total. The Balaban J connectivity index is 1.51. The van der Waals surface area contributed by atoms with Crippen molar-refractivity contribution in [3.8, 4) is 11.4 Å². The van der Waals surface area contributed by atoms with Crippen LogP contribution in [0.25, 0.3) is 23.5 Å². The van der Waals surface area contributed by atoms with Gasteiger partial charge >= 0.3 is 0 Å². The first kappa shape index (κ1) is 19.2. The maximum atomic E-state index is 11.6. The molecule has 0 bridgehead atoms. The first-order valence-electron chi connectivity index (χ1n) is 10.3. The van der Waals surface area contributed by atoms with Gasteiger partial charge < -0.3 is 9.55 Å². The van der Waals surface area contributed by atoms with E-state index in [9.17, 15) is 4.79 Å². The van der Waals surface area contributed by atoms with Crippen molar-refractivity contribution in [3.63, 3.8) is 0 Å². The molecule has 148 valence electrons. The predicted octanol–water partition coefficient (Wildman–Crippen LogP) is 3.92. The summed E-state index contributed by atoms with van der Waals surface area (Å²) in [6.07, 6.45) is 15.9. The highest BCUT2D eigenvalue weighted by atomic mass is 16.1. The van der Waals surface area contributed by atoms with E-state index in [1.54, 1.807) is 6.92 Å². The monoisotopic (exact) mass is 385 g/mol. The Kier molecular flexibility index (Phi) is 5.61. The lowest BCUT2D eigenvalue weighted by Gasteiger charge is -2.06. The van der Waals surface area contributed by atoms with Crippen LogP contribution < -0.4 is 10.6 Å². The molecule has 0 aliphatic heterocycles. The van der Waals surface area contributed by atoms with Crippen molar-refractivity contribution in [2.75, 3.05) is 0 Å². The molecule has 0 spiro atoms. The molecular formula is C25H27N3O. The molecule has 4 rings (SSSR count). The summed E-state index contributed by atoms with van der Waals surface area (Å²) in [6, 6.07) is 10.2. The number of imidazole rings is 1. The van der Waals surface area contributed by atoms with Crippen molar-refractivity contribution < 1.29 is 4.79 Å². The van der Waals surface area contributed by atoms with Crippen LogP contribution in [-0.2, 0) is 13.5 Å². The number of rotatable bonds is 6. The van der Waals surface area contributed by atoms with Crippen LogP contribution in [0.15, 0.2) is 54.5 Å². The topological polar surface area (TPSA) is 50.7 Å². The Bertz CT molecular complexity index is 1180. The molecule has 1 N–H and O–H groups in total. The summed E-state index contributed by atoms with van der Waals surface area (Å²) in [5, 5.41) is 2.44. The van der Waals surface area contributed by atoms with E-state index in [0.29, 0.717) is 0 Å². The van der Waals surface area contributed by atoms with Crippen molar-refractivity contribution in [2.24, 2.45) is 7.05 Å². The molecule has 0 radical (unpaired) electrons. The summed E-state index contributed by atoms with van der Waals surface area (Å²) in [4.78, 5) is 19.4. The summed E-state index contributed by atoms with van der Waals surface area (Å²) in [6.45, 7) is 1.62. The van der Waals surface area contributed by atoms with Gasteiger partial charge in [-0.3, -0.25) is 4.79 Å². The number of hydrogen-bond acceptors (Lipinski definition) is 2. The Morgan fingerprint density at radius 1 is 1.17 bits per heavy atom. The van der Waals surface area contributed by atoms with Crippen LogP contribution >= 0.6 is 0 Å². The molecule has 0 saturated heterocycles. The molecule has 29 heavy (non-hydrogen) atoms. The lowest BCUT2D eigenvalue weighted by molar-refractivity contribution is 0.101. The number of ketones is 1. The fourth-order valence-corrected chi connectivity index (χ4v) is 3.90. The molecule has 3 aromatic rings. The number of nitrogens with zero attached hydrogens (tertiary/aromatic N) is 2. The van der Waals surface area contributed by atoms with Crippen LogP contribution in [0.4, 0.5) is 0 Å². The average Bonchev–Trinajstić information content (AvgIpc) is 3.28. The number of aryl methyl sites for hydroxylation is 2. The van der Waals surface area contributed by atoms with Gasteiger partial charge in [-0.2, -0.15) is 0 Å². The van der Waals surface area contributed by atoms with E-state index in [4.69, 9.17) is 0 Å². The van der Waals surface area contributed by atoms with E-state index < -0.39 is 0 Å². The lowest BCUT2D eigenvalue weighted by atomic mass is 10.00. The number of aromatic amines is 1. The molecule has 0 amide bonds. The average molecular weight is 386 g/mol. The fraction of sp³-hybridized carbons (Fsp3) is 0.280. The summed E-state index contributed by atoms with van der Waals surface area (Å²) < 4.78 is 2.03. The van der Waals surface area contributed by atoms with Gasteiger partial charge in [0.15, 0.2) is 5.78 Å². The van der Waals surface area contributed by atoms with E-state index in [0.717, 1.165) is 49.1 Å². The van der Waals surface area contributed by atoms with E-state index in [1.807, 2.05) is 42.3 Å². The van der Waals surface area contributed by atoms with Gasteiger partial charge in [0.05, 0.1) is 23.9 Å². The standard InChI is InChI=1S/C25H27N3O/c1-18(29)21-12-6-10-19(13-21)8-5-9-20-7-3-4-11-22-15-24(27-23(22)14-20)25-16-26-17-28(25)2/h6-7,10-17,27H,3-5,8-9H2,1-2H3. The maximum Gasteiger partial charge on any atom is 0.159 e. The van der Waals surface area contributed by atoms with Crippen molar-refractivity contribution >= 4 is 17.9 Å². The molecule has 0 unspecified atom stereocenters. The van der Waals surface area contributed by atoms with Gasteiger partial charge in [0.1, 0.15) is 0 Å². The first-order chi connectivity index (χ1) is 14.1. The van der Waals surface area contributed by atoms with E-state index in [1.165, 1.54) is 21.7 Å². The number of Topliss-reactive ketones (excluding diaryl/α,β-unsaturated/α-hetero) is 1. The summed E-state index contributed by atoms with van der Waals surface area (Å²) in [5.41, 5.74) is 5.60. The number of benzene rings is 1. The Labute approximate surface area is 171 Å². The minimum Gasteiger partial charge on any atom is -0.353 e. The van der Waals surface area contributed by atoms with Crippen molar-refractivity contribution in [1.82, 2.24) is 14.5 Å². The van der Waals surface area contributed by atoms with Gasteiger partial charge in [0.25, 0.3) is 0 Å². The zero-order valence-corrected chi connectivity index (χ0v) is 17.1. The fourth-order valence-electron chi connectivity index (χ4n) is 3.90. The molecule has 0 fully saturated rings. The zero-order valence-electron chi connectivity index (χ0n) is 17.1. The van der Waals surface area contributed by atoms with Gasteiger partial charge in [-0.05, 0) is 73.6 Å². The highest BCUT2D eigenvalue weighted by molar-refractivity contribution is 5.94. The third-order valence-corrected chi connectivity index (χ3v) is 5.50. The molecule has 1 aliphatic carbocycles. The third-order valence-electron chi connectivity index (χ3n) is 5.50. The van der Waals surface area contributed by atoms with Crippen LogP contribution in [-0.4, -0.2) is 20.3 Å². The highest BCUT2D eigenvalue weighted by Gasteiger charge is 2.07. The van der Waals surface area contributed by atoms with Gasteiger partial charge in [-0.1, -0.05) is 30.4 Å². The second kappa shape index (κ2) is 8.48. The largest absolute Gasteiger partial charge is 0.353 e. The number of H-pyrrole nitrogens is 1. The number of fused-ring (bicyclic) bond motifs is 1. The van der Waals surface area contributed by atoms with Crippen LogP contribution in [0.5, 0.6) is 0 Å². The van der Waals surface area contributed by atoms with E-state index in [2.05, 4.69) is 40.3 Å². The predicted molar refractivity (Wildman–Crippen MR) is 118 cm³/mol. The molecule has 0 atom stereocenters. The van der Waals surface area contributed by atoms with Crippen LogP contribution in [0.2, 0.25) is 0 Å². The summed E-state index contributed by atoms with van der Waals surface area (Å²) in [7, 11) is 2.01. The minimum atomic E-state index is 0.127. The third kappa shape index (κ3) is 4.48. The molecule has 4 heteroatoms. The molecule has 0 saturated carbocycles. The first-order valence-corrected chi connectivity index (χ1v) is 10.3. The van der Waals surface area contributed by atoms with Crippen LogP contribution in [0.3, 0.4) is 0 Å². The van der Waals surface area contributed by atoms with Crippen LogP contribution in [0, 0.1) is 0 Å². The maximum absolute atomic E-state index is 11.6. The quantitative estimate of drug-likeness (QED) is 0.654. The number of nitrogens with one attached hydrogen (secondary N) is 1. The van der Waals surface area contributed by atoms with Gasteiger partial charge in [-0.15, -0.1) is 0 Å². The Morgan fingerprint density at radius 2 is 2.03 bits per heavy atom. The second-order valence-corrected chi connectivity index (χ2v) is 7.76. The number of carbonyl (C=O) groups excluding carboxylic acids is 1. The Hall–Kier alpha value is -3.14. The normalized spacial score (nSPS) is 13.5. The molecule has 2 aromatic heterocycles. The highest BCUT2D eigenvalue weighted by Crippen LogP contribution is 2.16. The summed E-state index contributed by atoms with van der Waals surface area (Å²) in [5.74, 6) is 0.127. The minimum absolute atomic E-state index is 0.127. The molecular weight excluding hydrogens is 358 g/mol. The summed E-state index contributed by atoms with van der Waals surface area (Å²) >= 11 is 0. The second-order valence-electron chi connectivity index (χ2n) is 7.76. The number of hydrogen-bond donors (Lipinski definition) is 1. The lowest BCUT2D eigenvalue weighted by Crippen LogP contribution is -2.22. The van der Waals surface area contributed by atoms with Crippen molar-refractivity contribution in [3.05, 3.63) is 76.2 Å². The van der Waals surface area contributed by atoms with Gasteiger partial charge in [-0.25, -0.2) is 4.98 Å². The number of allylic oxidation sites excluding steroid dienone is 2. The van der Waals surface area contributed by atoms with E-state index >= 15 is 0 Å².